The molecule has 4 heterocycles. The molecule has 1 amide bonds. The predicted octanol–water partition coefficient (Wildman–Crippen LogP) is 5.40. The summed E-state index contributed by atoms with van der Waals surface area (Å²) in [5, 5.41) is 8.66. The van der Waals surface area contributed by atoms with Gasteiger partial charge in [0.25, 0.3) is 5.91 Å². The fourth-order valence-electron chi connectivity index (χ4n) is 3.95. The molecule has 6 heteroatoms. The largest absolute Gasteiger partial charge is 0.381 e. The third kappa shape index (κ3) is 3.04. The summed E-state index contributed by atoms with van der Waals surface area (Å²) in [5.41, 5.74) is 5.86. The van der Waals surface area contributed by atoms with Crippen LogP contribution in [0.2, 0.25) is 0 Å². The molecule has 0 saturated carbocycles. The van der Waals surface area contributed by atoms with E-state index in [2.05, 4.69) is 46.8 Å². The minimum Gasteiger partial charge on any atom is -0.381 e. The van der Waals surface area contributed by atoms with Crippen molar-refractivity contribution in [1.82, 2.24) is 15.3 Å². The van der Waals surface area contributed by atoms with Gasteiger partial charge < -0.3 is 10.6 Å². The zero-order valence-corrected chi connectivity index (χ0v) is 17.9. The summed E-state index contributed by atoms with van der Waals surface area (Å²) in [7, 11) is 0. The van der Waals surface area contributed by atoms with Crippen LogP contribution >= 0.6 is 11.3 Å². The summed E-state index contributed by atoms with van der Waals surface area (Å²) in [5.74, 6) is -0.00894. The highest BCUT2D eigenvalue weighted by molar-refractivity contribution is 7.21. The van der Waals surface area contributed by atoms with Crippen LogP contribution in [0.5, 0.6) is 0 Å². The van der Waals surface area contributed by atoms with E-state index in [4.69, 9.17) is 4.98 Å². The van der Waals surface area contributed by atoms with Gasteiger partial charge in [-0.3, -0.25) is 9.78 Å². The fourth-order valence-corrected chi connectivity index (χ4v) is 5.05. The lowest BCUT2D eigenvalue weighted by Crippen LogP contribution is -2.34. The minimum atomic E-state index is -0.00894. The standard InChI is InChI=1S/C24H22N4OS/c1-4-5-15-10-17(13(2)11-25-15)19-7-6-16-18(28-19)8-9-20-21(16)22-23(30-20)24(29)27-14(3)12-26-22/h4-11,14,26H,12H2,1-3H3,(H,27,29)/b5-4+/t14-/m1/s1. The Bertz CT molecular complexity index is 1340. The molecule has 0 bridgehead atoms. The van der Waals surface area contributed by atoms with Gasteiger partial charge >= 0.3 is 0 Å². The van der Waals surface area contributed by atoms with Gasteiger partial charge in [-0.05, 0) is 62.7 Å². The lowest BCUT2D eigenvalue weighted by atomic mass is 10.0. The molecule has 150 valence electrons. The van der Waals surface area contributed by atoms with Crippen LogP contribution in [0.4, 0.5) is 5.69 Å². The van der Waals surface area contributed by atoms with Gasteiger partial charge in [0.2, 0.25) is 0 Å². The first-order valence-corrected chi connectivity index (χ1v) is 10.9. The maximum absolute atomic E-state index is 12.6. The molecular formula is C24H22N4OS. The van der Waals surface area contributed by atoms with Crippen LogP contribution in [0.3, 0.4) is 0 Å². The van der Waals surface area contributed by atoms with Crippen LogP contribution in [0.1, 0.15) is 34.8 Å². The summed E-state index contributed by atoms with van der Waals surface area (Å²) in [6.45, 7) is 6.75. The van der Waals surface area contributed by atoms with E-state index in [9.17, 15) is 4.79 Å². The Hall–Kier alpha value is -3.25. The number of thiophene rings is 1. The summed E-state index contributed by atoms with van der Waals surface area (Å²) >= 11 is 1.53. The molecule has 30 heavy (non-hydrogen) atoms. The molecule has 0 aliphatic carbocycles. The Kier molecular flexibility index (Phi) is 4.51. The molecular weight excluding hydrogens is 392 g/mol. The van der Waals surface area contributed by atoms with Gasteiger partial charge in [-0.1, -0.05) is 6.08 Å². The third-order valence-electron chi connectivity index (χ3n) is 5.43. The second kappa shape index (κ2) is 7.22. The van der Waals surface area contributed by atoms with Crippen molar-refractivity contribution in [3.63, 3.8) is 0 Å². The van der Waals surface area contributed by atoms with Crippen LogP contribution in [0, 0.1) is 6.92 Å². The predicted molar refractivity (Wildman–Crippen MR) is 125 cm³/mol. The molecule has 0 unspecified atom stereocenters. The molecule has 0 radical (unpaired) electrons. The number of carbonyl (C=O) groups excluding carboxylic acids is 1. The molecule has 1 aromatic carbocycles. The van der Waals surface area contributed by atoms with E-state index in [0.29, 0.717) is 6.54 Å². The second-order valence-electron chi connectivity index (χ2n) is 7.69. The molecule has 0 fully saturated rings. The second-order valence-corrected chi connectivity index (χ2v) is 8.74. The van der Waals surface area contributed by atoms with E-state index in [1.54, 1.807) is 0 Å². The number of allylic oxidation sites excluding steroid dienone is 1. The number of pyridine rings is 2. The maximum atomic E-state index is 12.6. The van der Waals surface area contributed by atoms with Crippen LogP contribution in [-0.2, 0) is 0 Å². The summed E-state index contributed by atoms with van der Waals surface area (Å²) in [6, 6.07) is 10.5. The molecule has 1 aliphatic heterocycles. The van der Waals surface area contributed by atoms with Crippen LogP contribution in [-0.4, -0.2) is 28.5 Å². The highest BCUT2D eigenvalue weighted by atomic mass is 32.1. The molecule has 5 nitrogen and oxygen atoms in total. The average Bonchev–Trinajstić information content (AvgIpc) is 3.06. The van der Waals surface area contributed by atoms with E-state index in [1.165, 1.54) is 11.3 Å². The van der Waals surface area contributed by atoms with Crippen molar-refractivity contribution < 1.29 is 4.79 Å². The molecule has 5 rings (SSSR count). The minimum absolute atomic E-state index is 0.00894. The number of hydrogen-bond acceptors (Lipinski definition) is 5. The van der Waals surface area contributed by atoms with Crippen molar-refractivity contribution in [2.75, 3.05) is 11.9 Å². The Morgan fingerprint density at radius 2 is 2.10 bits per heavy atom. The third-order valence-corrected chi connectivity index (χ3v) is 6.58. The van der Waals surface area contributed by atoms with Crippen molar-refractivity contribution in [2.24, 2.45) is 0 Å². The number of nitrogens with one attached hydrogen (secondary N) is 2. The number of fused-ring (bicyclic) bond motifs is 5. The summed E-state index contributed by atoms with van der Waals surface area (Å²) < 4.78 is 1.09. The van der Waals surface area contributed by atoms with Gasteiger partial charge in [-0.2, -0.15) is 0 Å². The SMILES string of the molecule is C/C=C/c1cc(-c2ccc3c(ccc4sc5c(c43)NC[C@@H](C)NC5=O)n2)c(C)cn1. The molecule has 0 saturated heterocycles. The first-order chi connectivity index (χ1) is 14.5. The fraction of sp³-hybridized carbons (Fsp3) is 0.208. The van der Waals surface area contributed by atoms with Gasteiger partial charge in [0.15, 0.2) is 0 Å². The number of anilines is 1. The van der Waals surface area contributed by atoms with Crippen molar-refractivity contribution in [3.05, 3.63) is 58.7 Å². The van der Waals surface area contributed by atoms with Crippen LogP contribution in [0.25, 0.3) is 38.3 Å². The Balaban J connectivity index is 1.70. The number of aromatic nitrogens is 2. The Morgan fingerprint density at radius 3 is 2.93 bits per heavy atom. The number of nitrogens with zero attached hydrogens (tertiary/aromatic N) is 2. The van der Waals surface area contributed by atoms with Gasteiger partial charge in [-0.15, -0.1) is 11.3 Å². The van der Waals surface area contributed by atoms with E-state index in [-0.39, 0.29) is 11.9 Å². The van der Waals surface area contributed by atoms with Crippen molar-refractivity contribution >= 4 is 50.0 Å². The van der Waals surface area contributed by atoms with Crippen LogP contribution in [0.15, 0.2) is 42.6 Å². The zero-order chi connectivity index (χ0) is 20.8. The maximum Gasteiger partial charge on any atom is 0.263 e. The quantitative estimate of drug-likeness (QED) is 0.461. The van der Waals surface area contributed by atoms with E-state index < -0.39 is 0 Å². The molecule has 1 aliphatic rings. The number of hydrogen-bond donors (Lipinski definition) is 2. The first-order valence-electron chi connectivity index (χ1n) is 10.1. The Labute approximate surface area is 178 Å². The molecule has 1 atom stereocenters. The van der Waals surface area contributed by atoms with Gasteiger partial charge in [-0.25, -0.2) is 4.98 Å². The monoisotopic (exact) mass is 414 g/mol. The number of carbonyl (C=O) groups is 1. The van der Waals surface area contributed by atoms with Crippen molar-refractivity contribution in [3.8, 4) is 11.3 Å². The van der Waals surface area contributed by atoms with Crippen molar-refractivity contribution in [1.29, 1.82) is 0 Å². The normalized spacial score (nSPS) is 16.5. The van der Waals surface area contributed by atoms with Gasteiger partial charge in [0, 0.05) is 39.8 Å². The smallest absolute Gasteiger partial charge is 0.263 e. The van der Waals surface area contributed by atoms with Gasteiger partial charge in [0.1, 0.15) is 4.88 Å². The highest BCUT2D eigenvalue weighted by Crippen LogP contribution is 2.41. The number of benzene rings is 1. The van der Waals surface area contributed by atoms with E-state index in [0.717, 1.165) is 54.1 Å². The number of aryl methyl sites for hydroxylation is 1. The first kappa shape index (κ1) is 18.8. The average molecular weight is 415 g/mol. The number of amides is 1. The molecule has 0 spiro atoms. The topological polar surface area (TPSA) is 66.9 Å². The Morgan fingerprint density at radius 1 is 1.23 bits per heavy atom. The van der Waals surface area contributed by atoms with Crippen LogP contribution < -0.4 is 10.6 Å². The molecule has 4 aromatic rings. The zero-order valence-electron chi connectivity index (χ0n) is 17.1. The van der Waals surface area contributed by atoms with Gasteiger partial charge in [0.05, 0.1) is 22.6 Å². The summed E-state index contributed by atoms with van der Waals surface area (Å²) in [4.78, 5) is 22.8. The molecule has 3 aromatic heterocycles. The molecule has 2 N–H and O–H groups in total. The number of rotatable bonds is 2. The van der Waals surface area contributed by atoms with Crippen molar-refractivity contribution in [2.45, 2.75) is 26.8 Å². The lowest BCUT2D eigenvalue weighted by Gasteiger charge is -2.11. The summed E-state index contributed by atoms with van der Waals surface area (Å²) in [6.07, 6.45) is 5.87. The van der Waals surface area contributed by atoms with E-state index >= 15 is 0 Å². The highest BCUT2D eigenvalue weighted by Gasteiger charge is 2.24. The lowest BCUT2D eigenvalue weighted by molar-refractivity contribution is 0.0949. The van der Waals surface area contributed by atoms with E-state index in [1.807, 2.05) is 38.3 Å².